The first kappa shape index (κ1) is 22.5. The predicted molar refractivity (Wildman–Crippen MR) is 121 cm³/mol. The molecule has 0 bridgehead atoms. The Bertz CT molecular complexity index is 838. The van der Waals surface area contributed by atoms with E-state index < -0.39 is 0 Å². The fourth-order valence-corrected chi connectivity index (χ4v) is 4.02. The highest BCUT2D eigenvalue weighted by molar-refractivity contribution is 6.32. The van der Waals surface area contributed by atoms with Crippen LogP contribution in [-0.4, -0.2) is 30.6 Å². The number of benzene rings is 2. The number of amides is 1. The zero-order valence-corrected chi connectivity index (χ0v) is 19.0. The van der Waals surface area contributed by atoms with E-state index in [9.17, 15) is 4.79 Å². The molecule has 0 aromatic heterocycles. The zero-order valence-electron chi connectivity index (χ0n) is 18.2. The molecule has 0 spiro atoms. The van der Waals surface area contributed by atoms with Crippen LogP contribution in [-0.2, 0) is 17.8 Å². The Hall–Kier alpha value is -2.20. The molecule has 2 aromatic rings. The molecule has 2 aromatic carbocycles. The van der Waals surface area contributed by atoms with Gasteiger partial charge in [0.15, 0.2) is 11.5 Å². The van der Waals surface area contributed by atoms with Gasteiger partial charge in [0.2, 0.25) is 5.91 Å². The topological polar surface area (TPSA) is 38.8 Å². The minimum Gasteiger partial charge on any atom is -0.489 e. The van der Waals surface area contributed by atoms with Crippen LogP contribution >= 0.6 is 11.6 Å². The quantitative estimate of drug-likeness (QED) is 0.535. The van der Waals surface area contributed by atoms with Crippen molar-refractivity contribution in [1.82, 2.24) is 4.90 Å². The lowest BCUT2D eigenvalue weighted by atomic mass is 9.99. The Balaban J connectivity index is 1.71. The van der Waals surface area contributed by atoms with Gasteiger partial charge in [-0.05, 0) is 42.0 Å². The van der Waals surface area contributed by atoms with Crippen LogP contribution in [0.4, 0.5) is 0 Å². The van der Waals surface area contributed by atoms with E-state index in [4.69, 9.17) is 21.1 Å². The molecule has 1 aliphatic heterocycles. The summed E-state index contributed by atoms with van der Waals surface area (Å²) in [6.07, 6.45) is 2.57. The molecule has 30 heavy (non-hydrogen) atoms. The van der Waals surface area contributed by atoms with Gasteiger partial charge in [-0.25, -0.2) is 0 Å². The third-order valence-corrected chi connectivity index (χ3v) is 5.54. The molecule has 0 saturated heterocycles. The molecule has 0 unspecified atom stereocenters. The number of hydrogen-bond acceptors (Lipinski definition) is 3. The van der Waals surface area contributed by atoms with E-state index in [1.54, 1.807) is 0 Å². The van der Waals surface area contributed by atoms with E-state index >= 15 is 0 Å². The van der Waals surface area contributed by atoms with Crippen LogP contribution in [0.1, 0.15) is 44.7 Å². The first-order chi connectivity index (χ1) is 14.4. The molecule has 5 heteroatoms. The number of halogens is 1. The van der Waals surface area contributed by atoms with Gasteiger partial charge in [0.05, 0.1) is 18.2 Å². The van der Waals surface area contributed by atoms with E-state index in [0.717, 1.165) is 24.8 Å². The Labute approximate surface area is 185 Å². The van der Waals surface area contributed by atoms with Crippen LogP contribution in [0.5, 0.6) is 11.5 Å². The van der Waals surface area contributed by atoms with Gasteiger partial charge < -0.3 is 14.4 Å². The summed E-state index contributed by atoms with van der Waals surface area (Å²) < 4.78 is 11.5. The summed E-state index contributed by atoms with van der Waals surface area (Å²) in [6.45, 7) is 8.73. The van der Waals surface area contributed by atoms with Gasteiger partial charge in [-0.2, -0.15) is 0 Å². The maximum atomic E-state index is 13.3. The molecule has 0 radical (unpaired) electrons. The van der Waals surface area contributed by atoms with Crippen molar-refractivity contribution in [3.63, 3.8) is 0 Å². The van der Waals surface area contributed by atoms with Crippen LogP contribution in [0.3, 0.4) is 0 Å². The molecule has 1 atom stereocenters. The first-order valence-corrected chi connectivity index (χ1v) is 11.2. The molecule has 162 valence electrons. The highest BCUT2D eigenvalue weighted by Gasteiger charge is 2.23. The number of hydrogen-bond donors (Lipinski definition) is 0. The standard InChI is InChI=1S/C25H32ClNO3/c1-18(2)16-27(25(28)19(3)10-11-20-8-5-4-6-9-20)17-21-14-22(26)24-23(15-21)29-12-7-13-30-24/h4-6,8-9,14-15,18-19H,7,10-13,16-17H2,1-3H3/t19-/m0/s1. The van der Waals surface area contributed by atoms with E-state index in [2.05, 4.69) is 26.0 Å². The zero-order chi connectivity index (χ0) is 21.5. The summed E-state index contributed by atoms with van der Waals surface area (Å²) >= 11 is 6.46. The lowest BCUT2D eigenvalue weighted by Crippen LogP contribution is -2.37. The van der Waals surface area contributed by atoms with Crippen molar-refractivity contribution < 1.29 is 14.3 Å². The number of carbonyl (C=O) groups excluding carboxylic acids is 1. The van der Waals surface area contributed by atoms with Crippen molar-refractivity contribution >= 4 is 17.5 Å². The predicted octanol–water partition coefficient (Wildman–Crippen LogP) is 5.75. The minimum absolute atomic E-state index is 0.0418. The third kappa shape index (κ3) is 6.15. The maximum Gasteiger partial charge on any atom is 0.225 e. The molecule has 0 N–H and O–H groups in total. The molecule has 0 fully saturated rings. The van der Waals surface area contributed by atoms with Gasteiger partial charge in [0.1, 0.15) is 0 Å². The number of fused-ring (bicyclic) bond motifs is 1. The van der Waals surface area contributed by atoms with Gasteiger partial charge in [-0.15, -0.1) is 0 Å². The summed E-state index contributed by atoms with van der Waals surface area (Å²) in [7, 11) is 0. The number of ether oxygens (including phenoxy) is 2. The summed E-state index contributed by atoms with van der Waals surface area (Å²) in [5, 5.41) is 0.540. The number of rotatable bonds is 8. The van der Waals surface area contributed by atoms with Crippen molar-refractivity contribution in [3.8, 4) is 11.5 Å². The Kier molecular flexibility index (Phi) is 8.03. The second kappa shape index (κ2) is 10.7. The smallest absolute Gasteiger partial charge is 0.225 e. The van der Waals surface area contributed by atoms with Crippen LogP contribution in [0.15, 0.2) is 42.5 Å². The first-order valence-electron chi connectivity index (χ1n) is 10.8. The summed E-state index contributed by atoms with van der Waals surface area (Å²) in [5.41, 5.74) is 2.23. The lowest BCUT2D eigenvalue weighted by Gasteiger charge is -2.28. The minimum atomic E-state index is -0.0418. The highest BCUT2D eigenvalue weighted by Crippen LogP contribution is 2.38. The fourth-order valence-electron chi connectivity index (χ4n) is 3.73. The largest absolute Gasteiger partial charge is 0.489 e. The van der Waals surface area contributed by atoms with Gasteiger partial charge in [-0.3, -0.25) is 4.79 Å². The SMILES string of the molecule is CC(C)CN(Cc1cc(Cl)c2c(c1)OCCCO2)C(=O)[C@@H](C)CCc1ccccc1. The molecular weight excluding hydrogens is 398 g/mol. The fraction of sp³-hybridized carbons (Fsp3) is 0.480. The van der Waals surface area contributed by atoms with Gasteiger partial charge in [-0.1, -0.05) is 62.7 Å². The van der Waals surface area contributed by atoms with Gasteiger partial charge in [0.25, 0.3) is 0 Å². The molecular formula is C25H32ClNO3. The van der Waals surface area contributed by atoms with Crippen LogP contribution < -0.4 is 9.47 Å². The molecule has 4 nitrogen and oxygen atoms in total. The average Bonchev–Trinajstić information content (AvgIpc) is 2.97. The number of aryl methyl sites for hydroxylation is 1. The van der Waals surface area contributed by atoms with Crippen molar-refractivity contribution in [2.75, 3.05) is 19.8 Å². The van der Waals surface area contributed by atoms with Gasteiger partial charge in [0, 0.05) is 25.4 Å². The molecule has 0 saturated carbocycles. The molecule has 0 aliphatic carbocycles. The van der Waals surface area contributed by atoms with Crippen LogP contribution in [0.25, 0.3) is 0 Å². The van der Waals surface area contributed by atoms with Gasteiger partial charge >= 0.3 is 0 Å². The Morgan fingerprint density at radius 1 is 1.07 bits per heavy atom. The Morgan fingerprint density at radius 2 is 1.80 bits per heavy atom. The van der Waals surface area contributed by atoms with E-state index in [1.165, 1.54) is 5.56 Å². The normalized spacial score (nSPS) is 14.3. The lowest BCUT2D eigenvalue weighted by molar-refractivity contribution is -0.136. The summed E-state index contributed by atoms with van der Waals surface area (Å²) in [4.78, 5) is 15.2. The monoisotopic (exact) mass is 429 g/mol. The maximum absolute atomic E-state index is 13.3. The van der Waals surface area contributed by atoms with Crippen LogP contribution in [0, 0.1) is 11.8 Å². The molecule has 1 aliphatic rings. The molecule has 1 heterocycles. The van der Waals surface area contributed by atoms with E-state index in [0.29, 0.717) is 48.7 Å². The highest BCUT2D eigenvalue weighted by atomic mass is 35.5. The summed E-state index contributed by atoms with van der Waals surface area (Å²) in [5.74, 6) is 1.80. The van der Waals surface area contributed by atoms with Crippen molar-refractivity contribution in [3.05, 3.63) is 58.6 Å². The summed E-state index contributed by atoms with van der Waals surface area (Å²) in [6, 6.07) is 14.2. The third-order valence-electron chi connectivity index (χ3n) is 5.26. The molecule has 3 rings (SSSR count). The van der Waals surface area contributed by atoms with E-state index in [-0.39, 0.29) is 11.8 Å². The van der Waals surface area contributed by atoms with E-state index in [1.807, 2.05) is 42.2 Å². The average molecular weight is 430 g/mol. The van der Waals surface area contributed by atoms with Crippen molar-refractivity contribution in [1.29, 1.82) is 0 Å². The Morgan fingerprint density at radius 3 is 2.53 bits per heavy atom. The number of nitrogens with zero attached hydrogens (tertiary/aromatic N) is 1. The van der Waals surface area contributed by atoms with Crippen molar-refractivity contribution in [2.45, 2.75) is 46.6 Å². The number of carbonyl (C=O) groups is 1. The molecule has 1 amide bonds. The second-order valence-electron chi connectivity index (χ2n) is 8.49. The van der Waals surface area contributed by atoms with Crippen LogP contribution in [0.2, 0.25) is 5.02 Å². The van der Waals surface area contributed by atoms with Crippen molar-refractivity contribution in [2.24, 2.45) is 11.8 Å². The second-order valence-corrected chi connectivity index (χ2v) is 8.90.